The molecule has 0 heterocycles. The Balaban J connectivity index is 2.74. The Hall–Kier alpha value is -1.13. The number of rotatable bonds is 6. The molecule has 0 saturated carbocycles. The summed E-state index contributed by atoms with van der Waals surface area (Å²) in [7, 11) is 5.73. The number of benzene rings is 1. The lowest BCUT2D eigenvalue weighted by atomic mass is 10.3. The summed E-state index contributed by atoms with van der Waals surface area (Å²) in [5, 5.41) is 0. The Morgan fingerprint density at radius 1 is 1.50 bits per heavy atom. The van der Waals surface area contributed by atoms with E-state index in [1.165, 1.54) is 0 Å². The van der Waals surface area contributed by atoms with Gasteiger partial charge in [0.1, 0.15) is 12.4 Å². The Labute approximate surface area is 114 Å². The van der Waals surface area contributed by atoms with Crippen LogP contribution in [0.25, 0.3) is 0 Å². The molecule has 1 aromatic rings. The molecule has 0 aromatic heterocycles. The lowest BCUT2D eigenvalue weighted by Gasteiger charge is -2.08. The Kier molecular flexibility index (Phi) is 6.68. The molecule has 0 fully saturated rings. The van der Waals surface area contributed by atoms with E-state index in [1.54, 1.807) is 25.2 Å². The topological polar surface area (TPSA) is 38.7 Å². The fourth-order valence-electron chi connectivity index (χ4n) is 1.29. The van der Waals surface area contributed by atoms with Crippen molar-refractivity contribution < 1.29 is 8.95 Å². The van der Waals surface area contributed by atoms with Crippen LogP contribution in [0.3, 0.4) is 0 Å². The number of nitrogens with zero attached hydrogens (tertiary/aromatic N) is 1. The van der Waals surface area contributed by atoms with Crippen LogP contribution in [0.15, 0.2) is 46.3 Å². The summed E-state index contributed by atoms with van der Waals surface area (Å²) in [4.78, 5) is 4.59. The molecule has 0 amide bonds. The number of ether oxygens (including phenoxy) is 1. The molecule has 0 spiro atoms. The van der Waals surface area contributed by atoms with E-state index < -0.39 is 10.0 Å². The molecule has 1 atom stereocenters. The number of aliphatic imine (C=N–C) groups is 1. The van der Waals surface area contributed by atoms with Gasteiger partial charge in [-0.2, -0.15) is 0 Å². The summed E-state index contributed by atoms with van der Waals surface area (Å²) in [6, 6.07) is 7.01. The molecule has 0 N–H and O–H groups in total. The lowest BCUT2D eigenvalue weighted by Crippen LogP contribution is -2.09. The van der Waals surface area contributed by atoms with Crippen molar-refractivity contribution in [3.05, 3.63) is 36.4 Å². The summed E-state index contributed by atoms with van der Waals surface area (Å²) < 4.78 is 16.9. The molecule has 0 aliphatic heterocycles. The van der Waals surface area contributed by atoms with Crippen LogP contribution in [0.2, 0.25) is 0 Å². The molecule has 0 saturated heterocycles. The Morgan fingerprint density at radius 2 is 2.22 bits per heavy atom. The highest BCUT2D eigenvalue weighted by atomic mass is 35.7. The third-order valence-electron chi connectivity index (χ3n) is 2.23. The van der Waals surface area contributed by atoms with Crippen LogP contribution >= 0.6 is 10.7 Å². The minimum Gasteiger partial charge on any atom is -0.486 e. The maximum Gasteiger partial charge on any atom is 0.151 e. The van der Waals surface area contributed by atoms with E-state index in [4.69, 9.17) is 15.4 Å². The van der Waals surface area contributed by atoms with Crippen LogP contribution in [0.5, 0.6) is 5.75 Å². The van der Waals surface area contributed by atoms with Crippen molar-refractivity contribution in [2.75, 3.05) is 13.7 Å². The number of para-hydroxylation sites is 1. The highest BCUT2D eigenvalue weighted by Crippen LogP contribution is 2.23. The quantitative estimate of drug-likeness (QED) is 0.594. The first-order chi connectivity index (χ1) is 8.69. The second-order valence-corrected chi connectivity index (χ2v) is 5.21. The van der Waals surface area contributed by atoms with Gasteiger partial charge < -0.3 is 4.74 Å². The van der Waals surface area contributed by atoms with Crippen molar-refractivity contribution in [1.82, 2.24) is 0 Å². The second kappa shape index (κ2) is 8.06. The third-order valence-corrected chi connectivity index (χ3v) is 3.41. The minimum atomic E-state index is -1.57. The minimum absolute atomic E-state index is 0.331. The van der Waals surface area contributed by atoms with Gasteiger partial charge in [-0.25, -0.2) is 4.21 Å². The molecule has 1 rings (SSSR count). The molecule has 18 heavy (non-hydrogen) atoms. The molecule has 0 bridgehead atoms. The van der Waals surface area contributed by atoms with Gasteiger partial charge in [-0.1, -0.05) is 25.1 Å². The van der Waals surface area contributed by atoms with Gasteiger partial charge in [-0.05, 0) is 35.3 Å². The van der Waals surface area contributed by atoms with Gasteiger partial charge in [0.15, 0.2) is 10.0 Å². The summed E-state index contributed by atoms with van der Waals surface area (Å²) in [5.41, 5.74) is 0.826. The maximum absolute atomic E-state index is 11.3. The molecule has 0 radical (unpaired) electrons. The van der Waals surface area contributed by atoms with Crippen molar-refractivity contribution >= 4 is 26.4 Å². The number of hydrogen-bond acceptors (Lipinski definition) is 3. The van der Waals surface area contributed by atoms with Crippen LogP contribution < -0.4 is 4.74 Å². The Morgan fingerprint density at radius 3 is 2.83 bits per heavy atom. The van der Waals surface area contributed by atoms with Gasteiger partial charge in [-0.15, -0.1) is 0 Å². The molecular weight excluding hydrogens is 270 g/mol. The number of halogens is 1. The van der Waals surface area contributed by atoms with Crippen molar-refractivity contribution in [2.45, 2.75) is 18.2 Å². The van der Waals surface area contributed by atoms with Crippen LogP contribution in [0.1, 0.15) is 13.3 Å². The zero-order valence-corrected chi connectivity index (χ0v) is 12.0. The molecule has 0 aliphatic carbocycles. The molecule has 5 heteroatoms. The number of hydrogen-bond donors (Lipinski definition) is 0. The second-order valence-electron chi connectivity index (χ2n) is 3.48. The molecule has 98 valence electrons. The monoisotopic (exact) mass is 285 g/mol. The smallest absolute Gasteiger partial charge is 0.151 e. The third kappa shape index (κ3) is 4.63. The molecule has 0 aliphatic rings. The van der Waals surface area contributed by atoms with E-state index in [0.29, 0.717) is 17.3 Å². The van der Waals surface area contributed by atoms with Crippen LogP contribution in [-0.4, -0.2) is 23.6 Å². The average molecular weight is 286 g/mol. The lowest BCUT2D eigenvalue weighted by molar-refractivity contribution is 0.368. The predicted molar refractivity (Wildman–Crippen MR) is 77.0 cm³/mol. The zero-order chi connectivity index (χ0) is 13.4. The summed E-state index contributed by atoms with van der Waals surface area (Å²) in [5.74, 6) is 0.525. The summed E-state index contributed by atoms with van der Waals surface area (Å²) in [6.45, 7) is 2.38. The van der Waals surface area contributed by atoms with Crippen molar-refractivity contribution in [3.8, 4) is 5.75 Å². The van der Waals surface area contributed by atoms with E-state index in [0.717, 1.165) is 12.1 Å². The van der Waals surface area contributed by atoms with Crippen molar-refractivity contribution in [3.63, 3.8) is 0 Å². The standard InChI is InChI=1S/C13H16ClNO2S/c1-3-4-7-11(15-2)10-17-12-8-5-6-9-13(12)18(14)16/h4-9H,3,10H2,1-2H3/b7-4-,15-11?. The first-order valence-corrected chi connectivity index (χ1v) is 7.58. The van der Waals surface area contributed by atoms with E-state index in [1.807, 2.05) is 18.2 Å². The average Bonchev–Trinajstić information content (AvgIpc) is 2.39. The van der Waals surface area contributed by atoms with Gasteiger partial charge in [0.2, 0.25) is 0 Å². The van der Waals surface area contributed by atoms with Crippen LogP contribution in [0, 0.1) is 0 Å². The van der Waals surface area contributed by atoms with E-state index in [2.05, 4.69) is 11.9 Å². The first-order valence-electron chi connectivity index (χ1n) is 5.61. The van der Waals surface area contributed by atoms with E-state index in [-0.39, 0.29) is 0 Å². The van der Waals surface area contributed by atoms with Crippen LogP contribution in [0.4, 0.5) is 0 Å². The van der Waals surface area contributed by atoms with Crippen LogP contribution in [-0.2, 0) is 10.0 Å². The molecule has 3 nitrogen and oxygen atoms in total. The summed E-state index contributed by atoms with van der Waals surface area (Å²) in [6.07, 6.45) is 4.87. The highest BCUT2D eigenvalue weighted by molar-refractivity contribution is 8.08. The fourth-order valence-corrected chi connectivity index (χ4v) is 2.15. The highest BCUT2D eigenvalue weighted by Gasteiger charge is 2.08. The first kappa shape index (κ1) is 14.9. The SMILES string of the molecule is CC/C=C\C(COc1ccccc1S(=O)Cl)=NC. The molecule has 1 aromatic carbocycles. The van der Waals surface area contributed by atoms with Gasteiger partial charge in [-0.3, -0.25) is 4.99 Å². The normalized spacial score (nSPS) is 13.8. The molecule has 1 unspecified atom stereocenters. The molecular formula is C13H16ClNO2S. The fraction of sp³-hybridized carbons (Fsp3) is 0.308. The van der Waals surface area contributed by atoms with Crippen molar-refractivity contribution in [1.29, 1.82) is 0 Å². The van der Waals surface area contributed by atoms with Gasteiger partial charge >= 0.3 is 0 Å². The van der Waals surface area contributed by atoms with Gasteiger partial charge in [0.25, 0.3) is 0 Å². The van der Waals surface area contributed by atoms with Crippen molar-refractivity contribution in [2.24, 2.45) is 4.99 Å². The Bertz CT molecular complexity index is 472. The zero-order valence-electron chi connectivity index (χ0n) is 10.4. The van der Waals surface area contributed by atoms with Gasteiger partial charge in [0, 0.05) is 7.05 Å². The predicted octanol–water partition coefficient (Wildman–Crippen LogP) is 3.36. The van der Waals surface area contributed by atoms with E-state index in [9.17, 15) is 4.21 Å². The maximum atomic E-state index is 11.3. The van der Waals surface area contributed by atoms with Gasteiger partial charge in [0.05, 0.1) is 10.6 Å². The van der Waals surface area contributed by atoms with E-state index >= 15 is 0 Å². The summed E-state index contributed by atoms with van der Waals surface area (Å²) >= 11 is 0. The number of allylic oxidation sites excluding steroid dienone is 1. The largest absolute Gasteiger partial charge is 0.486 e.